The minimum atomic E-state index is -0.943. The Labute approximate surface area is 192 Å². The smallest absolute Gasteiger partial charge is 0.407 e. The summed E-state index contributed by atoms with van der Waals surface area (Å²) in [5.41, 5.74) is 3.09. The summed E-state index contributed by atoms with van der Waals surface area (Å²) in [4.78, 5) is 13.7. The fourth-order valence-corrected chi connectivity index (χ4v) is 4.69. The van der Waals surface area contributed by atoms with Gasteiger partial charge in [0.2, 0.25) is 0 Å². The molecule has 8 heteroatoms. The molecule has 2 heterocycles. The first-order chi connectivity index (χ1) is 14.9. The molecule has 0 spiro atoms. The number of rotatable bonds is 6. The third-order valence-electron chi connectivity index (χ3n) is 5.09. The maximum Gasteiger partial charge on any atom is 0.407 e. The molecule has 158 valence electrons. The van der Waals surface area contributed by atoms with Crippen LogP contribution in [0.2, 0.25) is 0 Å². The van der Waals surface area contributed by atoms with Crippen LogP contribution in [0.4, 0.5) is 10.6 Å². The summed E-state index contributed by atoms with van der Waals surface area (Å²) in [6, 6.07) is 16.1. The van der Waals surface area contributed by atoms with Crippen LogP contribution in [-0.4, -0.2) is 33.3 Å². The lowest BCUT2D eigenvalue weighted by Crippen LogP contribution is -2.24. The summed E-state index contributed by atoms with van der Waals surface area (Å²) < 4.78 is 0.991. The fourth-order valence-electron chi connectivity index (χ4n) is 3.42. The third-order valence-corrected chi connectivity index (χ3v) is 6.70. The third kappa shape index (κ3) is 4.70. The van der Waals surface area contributed by atoms with E-state index < -0.39 is 6.09 Å². The van der Waals surface area contributed by atoms with Crippen LogP contribution in [0, 0.1) is 0 Å². The summed E-state index contributed by atoms with van der Waals surface area (Å²) in [5.74, 6) is 0.740. The van der Waals surface area contributed by atoms with Crippen LogP contribution in [0.5, 0.6) is 0 Å². The molecule has 31 heavy (non-hydrogen) atoms. The van der Waals surface area contributed by atoms with Crippen LogP contribution in [0.15, 0.2) is 64.6 Å². The molecule has 4 aromatic rings. The van der Waals surface area contributed by atoms with Gasteiger partial charge in [-0.1, -0.05) is 46.3 Å². The Balaban J connectivity index is 1.59. The molecule has 1 atom stereocenters. The molecule has 1 amide bonds. The lowest BCUT2D eigenvalue weighted by molar-refractivity contribution is 0.154. The van der Waals surface area contributed by atoms with E-state index in [1.165, 1.54) is 4.90 Å². The van der Waals surface area contributed by atoms with Crippen LogP contribution in [-0.2, 0) is 6.54 Å². The van der Waals surface area contributed by atoms with Crippen molar-refractivity contribution in [3.63, 3.8) is 0 Å². The number of nitrogens with zero attached hydrogens (tertiary/aromatic N) is 3. The van der Waals surface area contributed by atoms with E-state index in [4.69, 9.17) is 0 Å². The van der Waals surface area contributed by atoms with Gasteiger partial charge in [-0.25, -0.2) is 4.79 Å². The molecule has 0 fully saturated rings. The number of nitrogens with one attached hydrogen (secondary N) is 1. The number of hydrogen-bond acceptors (Lipinski definition) is 5. The van der Waals surface area contributed by atoms with Gasteiger partial charge in [-0.15, -0.1) is 16.4 Å². The molecule has 0 unspecified atom stereocenters. The molecular formula is C23H21BrN4O2S. The van der Waals surface area contributed by atoms with Crippen molar-refractivity contribution in [1.82, 2.24) is 15.1 Å². The van der Waals surface area contributed by atoms with Crippen molar-refractivity contribution in [2.75, 3.05) is 12.4 Å². The second-order valence-electron chi connectivity index (χ2n) is 7.32. The van der Waals surface area contributed by atoms with E-state index in [9.17, 15) is 9.90 Å². The topological polar surface area (TPSA) is 78.4 Å². The maximum absolute atomic E-state index is 11.2. The molecular weight excluding hydrogens is 476 g/mol. The number of carboxylic acid groups (broad SMARTS) is 1. The first kappa shape index (κ1) is 21.3. The molecule has 0 aliphatic rings. The number of anilines is 1. The minimum absolute atomic E-state index is 0.0338. The SMILES string of the molecule is C[C@@H](Nc1nncc2ccc(Br)cc12)c1cc(-c2ccccc2CN(C)C(=O)O)cs1. The molecule has 2 aromatic heterocycles. The number of aromatic nitrogens is 2. The number of benzene rings is 2. The first-order valence-electron chi connectivity index (χ1n) is 9.70. The number of carbonyl (C=O) groups is 1. The van der Waals surface area contributed by atoms with E-state index in [-0.39, 0.29) is 6.04 Å². The van der Waals surface area contributed by atoms with Gasteiger partial charge >= 0.3 is 6.09 Å². The van der Waals surface area contributed by atoms with Crippen molar-refractivity contribution < 1.29 is 9.90 Å². The summed E-state index contributed by atoms with van der Waals surface area (Å²) in [5, 5.41) is 25.3. The normalized spacial score (nSPS) is 12.0. The van der Waals surface area contributed by atoms with Crippen LogP contribution in [0.3, 0.4) is 0 Å². The second-order valence-corrected chi connectivity index (χ2v) is 9.18. The molecule has 2 N–H and O–H groups in total. The first-order valence-corrected chi connectivity index (χ1v) is 11.4. The van der Waals surface area contributed by atoms with Gasteiger partial charge in [-0.2, -0.15) is 5.10 Å². The number of amides is 1. The van der Waals surface area contributed by atoms with Gasteiger partial charge in [0.1, 0.15) is 0 Å². The Morgan fingerprint density at radius 3 is 2.87 bits per heavy atom. The summed E-state index contributed by atoms with van der Waals surface area (Å²) in [7, 11) is 1.58. The van der Waals surface area contributed by atoms with Crippen molar-refractivity contribution in [3.05, 3.63) is 75.0 Å². The average Bonchev–Trinajstić information content (AvgIpc) is 3.25. The molecule has 4 rings (SSSR count). The largest absolute Gasteiger partial charge is 0.465 e. The van der Waals surface area contributed by atoms with Crippen LogP contribution in [0.1, 0.15) is 23.4 Å². The molecule has 0 saturated heterocycles. The highest BCUT2D eigenvalue weighted by Crippen LogP contribution is 2.34. The fraction of sp³-hybridized carbons (Fsp3) is 0.174. The van der Waals surface area contributed by atoms with Crippen LogP contribution in [0.25, 0.3) is 21.9 Å². The van der Waals surface area contributed by atoms with E-state index >= 15 is 0 Å². The monoisotopic (exact) mass is 496 g/mol. The average molecular weight is 497 g/mol. The number of halogens is 1. The highest BCUT2D eigenvalue weighted by atomic mass is 79.9. The Hall–Kier alpha value is -2.97. The highest BCUT2D eigenvalue weighted by molar-refractivity contribution is 9.10. The van der Waals surface area contributed by atoms with E-state index in [2.05, 4.69) is 49.8 Å². The van der Waals surface area contributed by atoms with Crippen molar-refractivity contribution in [2.24, 2.45) is 0 Å². The lowest BCUT2D eigenvalue weighted by atomic mass is 10.0. The number of hydrogen-bond donors (Lipinski definition) is 2. The molecule has 0 bridgehead atoms. The molecule has 2 aromatic carbocycles. The zero-order valence-electron chi connectivity index (χ0n) is 17.0. The van der Waals surface area contributed by atoms with Gasteiger partial charge in [0.15, 0.2) is 5.82 Å². The molecule has 0 aliphatic heterocycles. The minimum Gasteiger partial charge on any atom is -0.465 e. The summed E-state index contributed by atoms with van der Waals surface area (Å²) >= 11 is 5.19. The van der Waals surface area contributed by atoms with Gasteiger partial charge in [0.25, 0.3) is 0 Å². The predicted molar refractivity (Wildman–Crippen MR) is 129 cm³/mol. The second kappa shape index (κ2) is 9.03. The van der Waals surface area contributed by atoms with E-state index in [0.717, 1.165) is 42.6 Å². The Morgan fingerprint density at radius 2 is 2.06 bits per heavy atom. The number of thiophene rings is 1. The Kier molecular flexibility index (Phi) is 6.20. The predicted octanol–water partition coefficient (Wildman–Crippen LogP) is 6.40. The number of fused-ring (bicyclic) bond motifs is 1. The van der Waals surface area contributed by atoms with Crippen LogP contribution < -0.4 is 5.32 Å². The Morgan fingerprint density at radius 1 is 1.26 bits per heavy atom. The van der Waals surface area contributed by atoms with Crippen LogP contribution >= 0.6 is 27.3 Å². The lowest BCUT2D eigenvalue weighted by Gasteiger charge is -2.16. The van der Waals surface area contributed by atoms with Gasteiger partial charge in [-0.3, -0.25) is 0 Å². The van der Waals surface area contributed by atoms with Gasteiger partial charge in [0, 0.05) is 33.7 Å². The Bertz CT molecular complexity index is 1240. The van der Waals surface area contributed by atoms with E-state index in [1.54, 1.807) is 24.6 Å². The van der Waals surface area contributed by atoms with Crippen molar-refractivity contribution >= 4 is 50.0 Å². The van der Waals surface area contributed by atoms with Gasteiger partial charge < -0.3 is 15.3 Å². The van der Waals surface area contributed by atoms with Crippen molar-refractivity contribution in [3.8, 4) is 11.1 Å². The standard InChI is InChI=1S/C23H21BrN4O2S/c1-14(26-22-20-10-18(24)8-7-15(20)11-25-27-22)21-9-17(13-31-21)19-6-4-3-5-16(19)12-28(2)23(29)30/h3-11,13-14H,12H2,1-2H3,(H,26,27)(H,29,30)/t14-/m1/s1. The molecule has 0 radical (unpaired) electrons. The van der Waals surface area contributed by atoms with E-state index in [0.29, 0.717) is 6.54 Å². The molecule has 6 nitrogen and oxygen atoms in total. The quantitative estimate of drug-likeness (QED) is 0.322. The summed E-state index contributed by atoms with van der Waals surface area (Å²) in [6.07, 6.45) is 0.813. The highest BCUT2D eigenvalue weighted by Gasteiger charge is 2.15. The summed E-state index contributed by atoms with van der Waals surface area (Å²) in [6.45, 7) is 2.43. The maximum atomic E-state index is 11.2. The molecule has 0 saturated carbocycles. The van der Waals surface area contributed by atoms with Gasteiger partial charge in [-0.05, 0) is 47.2 Å². The van der Waals surface area contributed by atoms with Crippen molar-refractivity contribution in [2.45, 2.75) is 19.5 Å². The van der Waals surface area contributed by atoms with Gasteiger partial charge in [0.05, 0.1) is 12.2 Å². The van der Waals surface area contributed by atoms with E-state index in [1.807, 2.05) is 42.5 Å². The van der Waals surface area contributed by atoms with Crippen molar-refractivity contribution in [1.29, 1.82) is 0 Å². The molecule has 0 aliphatic carbocycles. The zero-order valence-corrected chi connectivity index (χ0v) is 19.4. The zero-order chi connectivity index (χ0) is 22.0.